The van der Waals surface area contributed by atoms with E-state index >= 15 is 0 Å². The highest BCUT2D eigenvalue weighted by molar-refractivity contribution is 7.86. The average molecular weight is 213 g/mol. The van der Waals surface area contributed by atoms with Crippen LogP contribution in [0.4, 0.5) is 0 Å². The quantitative estimate of drug-likeness (QED) is 0.378. The Kier molecular flexibility index (Phi) is 5.06. The van der Waals surface area contributed by atoms with E-state index in [1.165, 1.54) is 0 Å². The fourth-order valence-electron chi connectivity index (χ4n) is 0.426. The van der Waals surface area contributed by atoms with Gasteiger partial charge >= 0.3 is 0 Å². The van der Waals surface area contributed by atoms with E-state index in [0.717, 1.165) is 0 Å². The Morgan fingerprint density at radius 1 is 1.67 bits per heavy atom. The van der Waals surface area contributed by atoms with Crippen molar-refractivity contribution < 1.29 is 12.7 Å². The maximum Gasteiger partial charge on any atom is 0.284 e. The van der Waals surface area contributed by atoms with Gasteiger partial charge in [-0.1, -0.05) is 0 Å². The Hall–Kier alpha value is -0.440. The first-order chi connectivity index (χ1) is 5.52. The highest BCUT2D eigenvalue weighted by atomic mass is 32.2. The summed E-state index contributed by atoms with van der Waals surface area (Å²) in [6, 6.07) is 0. The van der Waals surface area contributed by atoms with Gasteiger partial charge in [-0.3, -0.25) is 0 Å². The minimum atomic E-state index is -3.60. The van der Waals surface area contributed by atoms with Crippen molar-refractivity contribution in [1.29, 1.82) is 0 Å². The van der Waals surface area contributed by atoms with E-state index in [9.17, 15) is 8.42 Å². The SMILES string of the molecule is CNC(=S)NCCS(=O)(=O)ON. The average Bonchev–Trinajstić information content (AvgIpc) is 2.04. The Balaban J connectivity index is 3.64. The van der Waals surface area contributed by atoms with Crippen molar-refractivity contribution >= 4 is 27.4 Å². The maximum absolute atomic E-state index is 10.6. The van der Waals surface area contributed by atoms with Crippen molar-refractivity contribution in [2.24, 2.45) is 5.90 Å². The number of nitrogens with one attached hydrogen (secondary N) is 2. The zero-order valence-corrected chi connectivity index (χ0v) is 8.17. The first-order valence-corrected chi connectivity index (χ1v) is 5.07. The van der Waals surface area contributed by atoms with Gasteiger partial charge < -0.3 is 10.6 Å². The van der Waals surface area contributed by atoms with Gasteiger partial charge in [0.1, 0.15) is 0 Å². The molecular formula is C4H11N3O3S2. The molecule has 0 saturated carbocycles. The molecule has 0 aromatic carbocycles. The molecule has 0 saturated heterocycles. The lowest BCUT2D eigenvalue weighted by Gasteiger charge is -2.05. The molecule has 0 rings (SSSR count). The lowest BCUT2D eigenvalue weighted by Crippen LogP contribution is -2.36. The molecule has 0 aliphatic rings. The van der Waals surface area contributed by atoms with E-state index in [-0.39, 0.29) is 12.3 Å². The highest BCUT2D eigenvalue weighted by Gasteiger charge is 2.08. The van der Waals surface area contributed by atoms with Crippen LogP contribution in [0.2, 0.25) is 0 Å². The molecule has 0 fully saturated rings. The highest BCUT2D eigenvalue weighted by Crippen LogP contribution is 1.84. The van der Waals surface area contributed by atoms with E-state index in [0.29, 0.717) is 5.11 Å². The zero-order chi connectivity index (χ0) is 9.61. The second-order valence-electron chi connectivity index (χ2n) is 1.86. The molecule has 4 N–H and O–H groups in total. The van der Waals surface area contributed by atoms with Crippen LogP contribution in [0.3, 0.4) is 0 Å². The van der Waals surface area contributed by atoms with Gasteiger partial charge in [-0.05, 0) is 12.2 Å². The van der Waals surface area contributed by atoms with Crippen molar-refractivity contribution in [3.63, 3.8) is 0 Å². The third-order valence-electron chi connectivity index (χ3n) is 1.01. The summed E-state index contributed by atoms with van der Waals surface area (Å²) in [5.74, 6) is 4.27. The van der Waals surface area contributed by atoms with E-state index in [2.05, 4.69) is 20.8 Å². The number of thiocarbonyl (C=S) groups is 1. The second-order valence-corrected chi connectivity index (χ2v) is 3.99. The molecule has 0 spiro atoms. The molecule has 8 heteroatoms. The lowest BCUT2D eigenvalue weighted by atomic mass is 10.7. The van der Waals surface area contributed by atoms with Crippen molar-refractivity contribution in [3.05, 3.63) is 0 Å². The molecule has 0 aliphatic heterocycles. The maximum atomic E-state index is 10.6. The van der Waals surface area contributed by atoms with Gasteiger partial charge in [-0.15, -0.1) is 0 Å². The number of hydrogen-bond acceptors (Lipinski definition) is 5. The smallest absolute Gasteiger partial charge is 0.284 e. The van der Waals surface area contributed by atoms with Crippen LogP contribution >= 0.6 is 12.2 Å². The van der Waals surface area contributed by atoms with Crippen molar-refractivity contribution in [3.8, 4) is 0 Å². The number of hydrogen-bond donors (Lipinski definition) is 3. The Morgan fingerprint density at radius 3 is 2.67 bits per heavy atom. The molecule has 0 amide bonds. The van der Waals surface area contributed by atoms with Crippen LogP contribution in [0.15, 0.2) is 0 Å². The molecule has 0 aromatic heterocycles. The minimum absolute atomic E-state index is 0.166. The first-order valence-electron chi connectivity index (χ1n) is 3.08. The summed E-state index contributed by atoms with van der Waals surface area (Å²) in [5, 5.41) is 5.63. The third-order valence-corrected chi connectivity index (χ3v) is 2.36. The van der Waals surface area contributed by atoms with Gasteiger partial charge in [0.05, 0.1) is 5.75 Å². The van der Waals surface area contributed by atoms with E-state index in [4.69, 9.17) is 12.2 Å². The van der Waals surface area contributed by atoms with Gasteiger partial charge in [0, 0.05) is 13.6 Å². The summed E-state index contributed by atoms with van der Waals surface area (Å²) < 4.78 is 25.0. The Bertz CT molecular complexity index is 238. The van der Waals surface area contributed by atoms with Crippen molar-refractivity contribution in [2.45, 2.75) is 0 Å². The molecule has 0 heterocycles. The van der Waals surface area contributed by atoms with E-state index in [1.54, 1.807) is 7.05 Å². The minimum Gasteiger partial charge on any atom is -0.366 e. The number of nitrogens with two attached hydrogens (primary N) is 1. The zero-order valence-electron chi connectivity index (χ0n) is 6.53. The molecule has 0 unspecified atom stereocenters. The standard InChI is InChI=1S/C4H11N3O3S2/c1-6-4(11)7-2-3-12(8,9)10-5/h2-3,5H2,1H3,(H2,6,7,11). The monoisotopic (exact) mass is 213 g/mol. The third kappa shape index (κ3) is 5.24. The van der Waals surface area contributed by atoms with E-state index < -0.39 is 10.1 Å². The van der Waals surface area contributed by atoms with Crippen LogP contribution in [-0.2, 0) is 14.4 Å². The largest absolute Gasteiger partial charge is 0.366 e. The normalized spacial score (nSPS) is 10.8. The molecule has 0 aliphatic carbocycles. The van der Waals surface area contributed by atoms with Crippen molar-refractivity contribution in [2.75, 3.05) is 19.3 Å². The van der Waals surface area contributed by atoms with Crippen LogP contribution in [0.5, 0.6) is 0 Å². The Labute approximate surface area is 76.5 Å². The summed E-state index contributed by atoms with van der Waals surface area (Å²) in [6.07, 6.45) is 0. The summed E-state index contributed by atoms with van der Waals surface area (Å²) in [4.78, 5) is 0. The van der Waals surface area contributed by atoms with Crippen LogP contribution < -0.4 is 16.5 Å². The summed E-state index contributed by atoms with van der Waals surface area (Å²) in [6.45, 7) is 0.166. The fraction of sp³-hybridized carbons (Fsp3) is 0.750. The van der Waals surface area contributed by atoms with E-state index in [1.807, 2.05) is 0 Å². The summed E-state index contributed by atoms with van der Waals surface area (Å²) in [7, 11) is -1.97. The number of rotatable bonds is 4. The molecule has 0 atom stereocenters. The molecular weight excluding hydrogens is 202 g/mol. The predicted octanol–water partition coefficient (Wildman–Crippen LogP) is -1.70. The van der Waals surface area contributed by atoms with Gasteiger partial charge in [-0.25, -0.2) is 0 Å². The topological polar surface area (TPSA) is 93.4 Å². The fourth-order valence-corrected chi connectivity index (χ4v) is 0.976. The van der Waals surface area contributed by atoms with Crippen LogP contribution in [0.25, 0.3) is 0 Å². The second kappa shape index (κ2) is 5.25. The first kappa shape index (κ1) is 11.6. The predicted molar refractivity (Wildman–Crippen MR) is 48.7 cm³/mol. The van der Waals surface area contributed by atoms with Gasteiger partial charge in [0.25, 0.3) is 10.1 Å². The van der Waals surface area contributed by atoms with Gasteiger partial charge in [0.2, 0.25) is 0 Å². The summed E-state index contributed by atoms with van der Waals surface area (Å²) in [5.41, 5.74) is 0. The van der Waals surface area contributed by atoms with Crippen LogP contribution in [0.1, 0.15) is 0 Å². The molecule has 6 nitrogen and oxygen atoms in total. The van der Waals surface area contributed by atoms with Crippen molar-refractivity contribution in [1.82, 2.24) is 10.6 Å². The molecule has 12 heavy (non-hydrogen) atoms. The summed E-state index contributed by atoms with van der Waals surface area (Å²) >= 11 is 4.69. The molecule has 72 valence electrons. The molecule has 0 radical (unpaired) electrons. The molecule has 0 aromatic rings. The Morgan fingerprint density at radius 2 is 2.25 bits per heavy atom. The van der Waals surface area contributed by atoms with Gasteiger partial charge in [0.15, 0.2) is 5.11 Å². The van der Waals surface area contributed by atoms with Crippen LogP contribution in [-0.4, -0.2) is 32.9 Å². The van der Waals surface area contributed by atoms with Crippen LogP contribution in [0, 0.1) is 0 Å². The molecule has 0 bridgehead atoms. The van der Waals surface area contributed by atoms with Gasteiger partial charge in [-0.2, -0.15) is 18.6 Å². The lowest BCUT2D eigenvalue weighted by molar-refractivity contribution is 0.333.